The van der Waals surface area contributed by atoms with Gasteiger partial charge in [0.2, 0.25) is 5.91 Å². The van der Waals surface area contributed by atoms with E-state index in [4.69, 9.17) is 16.0 Å². The fourth-order valence-corrected chi connectivity index (χ4v) is 3.56. The van der Waals surface area contributed by atoms with E-state index in [9.17, 15) is 9.59 Å². The molecule has 0 atom stereocenters. The van der Waals surface area contributed by atoms with Crippen molar-refractivity contribution in [2.75, 3.05) is 26.2 Å². The fourth-order valence-electron chi connectivity index (χ4n) is 3.37. The molecule has 1 fully saturated rings. The van der Waals surface area contributed by atoms with Gasteiger partial charge in [-0.25, -0.2) is 0 Å². The lowest BCUT2D eigenvalue weighted by Gasteiger charge is -2.33. The van der Waals surface area contributed by atoms with E-state index in [1.54, 1.807) is 41.0 Å². The molecule has 10 heteroatoms. The Morgan fingerprint density at radius 1 is 1.16 bits per heavy atom. The highest BCUT2D eigenvalue weighted by Crippen LogP contribution is 2.19. The third kappa shape index (κ3) is 5.00. The zero-order chi connectivity index (χ0) is 21.8. The third-order valence-electron chi connectivity index (χ3n) is 4.99. The van der Waals surface area contributed by atoms with Gasteiger partial charge in [0.1, 0.15) is 0 Å². The highest BCUT2D eigenvalue weighted by molar-refractivity contribution is 6.30. The lowest BCUT2D eigenvalue weighted by molar-refractivity contribution is -0.127. The minimum Gasteiger partial charge on any atom is -0.459 e. The van der Waals surface area contributed by atoms with Crippen molar-refractivity contribution in [3.63, 3.8) is 0 Å². The van der Waals surface area contributed by atoms with Crippen LogP contribution in [0.15, 0.2) is 47.1 Å². The van der Waals surface area contributed by atoms with Crippen molar-refractivity contribution in [2.45, 2.75) is 13.5 Å². The lowest BCUT2D eigenvalue weighted by Crippen LogP contribution is -2.50. The molecular weight excluding hydrogens is 420 g/mol. The van der Waals surface area contributed by atoms with Crippen LogP contribution in [0.25, 0.3) is 6.08 Å². The largest absolute Gasteiger partial charge is 0.459 e. The Bertz CT molecular complexity index is 1100. The summed E-state index contributed by atoms with van der Waals surface area (Å²) in [4.78, 5) is 29.9. The standard InChI is InChI=1S/C21H21ClN6O3/c1-15-23-25-28(24-15)14-17-13-18(22)6-4-16(17)5-7-20(29)26-8-10-27(11-9-26)21(30)19-3-2-12-31-19/h2-7,12-13H,8-11,14H2,1H3/b7-5+. The Balaban J connectivity index is 1.39. The summed E-state index contributed by atoms with van der Waals surface area (Å²) >= 11 is 6.15. The number of carbonyl (C=O) groups is 2. The van der Waals surface area contributed by atoms with Gasteiger partial charge in [-0.3, -0.25) is 9.59 Å². The monoisotopic (exact) mass is 440 g/mol. The Morgan fingerprint density at radius 3 is 2.61 bits per heavy atom. The molecule has 4 rings (SSSR count). The first-order valence-electron chi connectivity index (χ1n) is 9.82. The van der Waals surface area contributed by atoms with E-state index in [-0.39, 0.29) is 11.8 Å². The molecule has 160 valence electrons. The number of amides is 2. The van der Waals surface area contributed by atoms with Crippen molar-refractivity contribution in [1.82, 2.24) is 30.0 Å². The lowest BCUT2D eigenvalue weighted by atomic mass is 10.1. The predicted octanol–water partition coefficient (Wildman–Crippen LogP) is 2.27. The minimum absolute atomic E-state index is 0.110. The summed E-state index contributed by atoms with van der Waals surface area (Å²) in [5.41, 5.74) is 1.72. The van der Waals surface area contributed by atoms with Gasteiger partial charge in [0.05, 0.1) is 12.8 Å². The van der Waals surface area contributed by atoms with Crippen molar-refractivity contribution < 1.29 is 14.0 Å². The molecule has 1 saturated heterocycles. The van der Waals surface area contributed by atoms with E-state index in [1.165, 1.54) is 17.1 Å². The van der Waals surface area contributed by atoms with E-state index in [0.717, 1.165) is 11.1 Å². The Hall–Kier alpha value is -3.46. The molecule has 1 aromatic carbocycles. The molecule has 1 aliphatic heterocycles. The van der Waals surface area contributed by atoms with E-state index in [1.807, 2.05) is 12.1 Å². The van der Waals surface area contributed by atoms with Crippen molar-refractivity contribution >= 4 is 29.5 Å². The summed E-state index contributed by atoms with van der Waals surface area (Å²) in [6, 6.07) is 8.77. The molecule has 9 nitrogen and oxygen atoms in total. The zero-order valence-corrected chi connectivity index (χ0v) is 17.7. The second kappa shape index (κ2) is 9.13. The fraction of sp³-hybridized carbons (Fsp3) is 0.286. The maximum absolute atomic E-state index is 12.7. The van der Waals surface area contributed by atoms with Crippen LogP contribution in [0, 0.1) is 6.92 Å². The third-order valence-corrected chi connectivity index (χ3v) is 5.22. The molecule has 0 spiro atoms. The van der Waals surface area contributed by atoms with Crippen LogP contribution in [0.4, 0.5) is 0 Å². The number of tetrazole rings is 1. The number of nitrogens with zero attached hydrogens (tertiary/aromatic N) is 6. The Morgan fingerprint density at radius 2 is 1.94 bits per heavy atom. The average molecular weight is 441 g/mol. The number of carbonyl (C=O) groups excluding carboxylic acids is 2. The predicted molar refractivity (Wildman–Crippen MR) is 113 cm³/mol. The zero-order valence-electron chi connectivity index (χ0n) is 16.9. The smallest absolute Gasteiger partial charge is 0.289 e. The molecule has 0 unspecified atom stereocenters. The topological polar surface area (TPSA) is 97.4 Å². The molecular formula is C21H21ClN6O3. The van der Waals surface area contributed by atoms with Gasteiger partial charge in [0, 0.05) is 37.3 Å². The normalized spacial score (nSPS) is 14.4. The van der Waals surface area contributed by atoms with Crippen LogP contribution in [0.1, 0.15) is 27.5 Å². The molecule has 0 bridgehead atoms. The first-order chi connectivity index (χ1) is 15.0. The molecule has 3 aromatic rings. The quantitative estimate of drug-likeness (QED) is 0.564. The van der Waals surface area contributed by atoms with Gasteiger partial charge in [-0.15, -0.1) is 10.2 Å². The second-order valence-electron chi connectivity index (χ2n) is 7.14. The summed E-state index contributed by atoms with van der Waals surface area (Å²) in [5, 5.41) is 12.6. The molecule has 3 heterocycles. The number of rotatable bonds is 5. The number of halogens is 1. The number of furan rings is 1. The van der Waals surface area contributed by atoms with E-state index in [2.05, 4.69) is 15.4 Å². The van der Waals surface area contributed by atoms with Crippen molar-refractivity contribution in [3.8, 4) is 0 Å². The molecule has 0 N–H and O–H groups in total. The second-order valence-corrected chi connectivity index (χ2v) is 7.57. The highest BCUT2D eigenvalue weighted by atomic mass is 35.5. The summed E-state index contributed by atoms with van der Waals surface area (Å²) in [6.45, 7) is 4.01. The molecule has 0 saturated carbocycles. The van der Waals surface area contributed by atoms with E-state index >= 15 is 0 Å². The van der Waals surface area contributed by atoms with E-state index in [0.29, 0.717) is 49.3 Å². The summed E-state index contributed by atoms with van der Waals surface area (Å²) < 4.78 is 5.17. The van der Waals surface area contributed by atoms with Crippen molar-refractivity contribution in [1.29, 1.82) is 0 Å². The van der Waals surface area contributed by atoms with Crippen molar-refractivity contribution in [3.05, 3.63) is 70.4 Å². The van der Waals surface area contributed by atoms with Gasteiger partial charge in [-0.05, 0) is 53.6 Å². The molecule has 0 aliphatic carbocycles. The van der Waals surface area contributed by atoms with Crippen LogP contribution in [0.3, 0.4) is 0 Å². The number of hydrogen-bond acceptors (Lipinski definition) is 6. The summed E-state index contributed by atoms with van der Waals surface area (Å²) in [7, 11) is 0. The van der Waals surface area contributed by atoms with Gasteiger partial charge in [-0.2, -0.15) is 4.80 Å². The number of aromatic nitrogens is 4. The summed E-state index contributed by atoms with van der Waals surface area (Å²) in [5.74, 6) is 0.627. The number of hydrogen-bond donors (Lipinski definition) is 0. The number of benzene rings is 1. The minimum atomic E-state index is -0.157. The van der Waals surface area contributed by atoms with Gasteiger partial charge < -0.3 is 14.2 Å². The SMILES string of the molecule is Cc1nnn(Cc2cc(Cl)ccc2/C=C/C(=O)N2CCN(C(=O)c3ccco3)CC2)n1. The average Bonchev–Trinajstić information content (AvgIpc) is 3.45. The number of piperazine rings is 1. The molecule has 2 amide bonds. The van der Waals surface area contributed by atoms with E-state index < -0.39 is 0 Å². The van der Waals surface area contributed by atoms with Gasteiger partial charge in [0.15, 0.2) is 11.6 Å². The van der Waals surface area contributed by atoms with Crippen LogP contribution in [-0.2, 0) is 11.3 Å². The highest BCUT2D eigenvalue weighted by Gasteiger charge is 2.25. The van der Waals surface area contributed by atoms with Crippen LogP contribution >= 0.6 is 11.6 Å². The van der Waals surface area contributed by atoms with Gasteiger partial charge in [0.25, 0.3) is 5.91 Å². The van der Waals surface area contributed by atoms with Gasteiger partial charge >= 0.3 is 0 Å². The molecule has 2 aromatic heterocycles. The first-order valence-corrected chi connectivity index (χ1v) is 10.2. The molecule has 1 aliphatic rings. The van der Waals surface area contributed by atoms with Crippen LogP contribution in [0.2, 0.25) is 5.02 Å². The summed E-state index contributed by atoms with van der Waals surface area (Å²) in [6.07, 6.45) is 4.78. The molecule has 0 radical (unpaired) electrons. The maximum Gasteiger partial charge on any atom is 0.289 e. The number of aryl methyl sites for hydroxylation is 1. The van der Waals surface area contributed by atoms with Crippen LogP contribution in [-0.4, -0.2) is 68.0 Å². The molecule has 31 heavy (non-hydrogen) atoms. The Labute approximate surface area is 183 Å². The first kappa shape index (κ1) is 20.8. The van der Waals surface area contributed by atoms with Crippen LogP contribution in [0.5, 0.6) is 0 Å². The van der Waals surface area contributed by atoms with Gasteiger partial charge in [-0.1, -0.05) is 17.7 Å². The maximum atomic E-state index is 12.7. The Kier molecular flexibility index (Phi) is 6.13. The van der Waals surface area contributed by atoms with Crippen molar-refractivity contribution in [2.24, 2.45) is 0 Å². The van der Waals surface area contributed by atoms with Crippen LogP contribution < -0.4 is 0 Å².